The van der Waals surface area contributed by atoms with Crippen molar-refractivity contribution in [2.75, 3.05) is 48.3 Å². The normalized spacial score (nSPS) is 17.8. The second-order valence-corrected chi connectivity index (χ2v) is 12.8. The molecule has 1 atom stereocenters. The quantitative estimate of drug-likeness (QED) is 0.227. The van der Waals surface area contributed by atoms with Gasteiger partial charge in [0.1, 0.15) is 17.7 Å². The molecule has 4 rings (SSSR count). The third-order valence-corrected chi connectivity index (χ3v) is 8.68. The molecule has 2 aliphatic heterocycles. The highest BCUT2D eigenvalue weighted by atomic mass is 32.2. The maximum Gasteiger partial charge on any atom is 0.451 e. The van der Waals surface area contributed by atoms with Crippen molar-refractivity contribution < 1.29 is 48.9 Å². The predicted octanol–water partition coefficient (Wildman–Crippen LogP) is 3.45. The fourth-order valence-electron chi connectivity index (χ4n) is 5.29. The lowest BCUT2D eigenvalue weighted by Crippen LogP contribution is -2.57. The molecule has 1 aromatic heterocycles. The average molecular weight is 681 g/mol. The van der Waals surface area contributed by atoms with Gasteiger partial charge in [-0.25, -0.2) is 9.97 Å². The molecule has 1 aromatic carbocycles. The maximum atomic E-state index is 13.8. The number of hydrogen-bond donors (Lipinski definition) is 3. The first kappa shape index (κ1) is 35.2. The smallest absolute Gasteiger partial charge is 0.356 e. The second kappa shape index (κ2) is 14.4. The van der Waals surface area contributed by atoms with E-state index in [1.54, 1.807) is 4.90 Å². The summed E-state index contributed by atoms with van der Waals surface area (Å²) in [7, 11) is -4.18. The summed E-state index contributed by atoms with van der Waals surface area (Å²) in [6.45, 7) is 0.945. The molecule has 0 bridgehead atoms. The molecule has 2 saturated heterocycles. The van der Waals surface area contributed by atoms with Gasteiger partial charge in [-0.1, -0.05) is 12.1 Å². The van der Waals surface area contributed by atoms with Crippen LogP contribution in [0, 0.1) is 5.92 Å². The largest absolute Gasteiger partial charge is 0.451 e. The third-order valence-electron chi connectivity index (χ3n) is 7.96. The molecule has 3 N–H and O–H groups in total. The lowest BCUT2D eigenvalue weighted by Gasteiger charge is -2.41. The summed E-state index contributed by atoms with van der Waals surface area (Å²) < 4.78 is 110. The zero-order chi connectivity index (χ0) is 33.7. The van der Waals surface area contributed by atoms with E-state index in [9.17, 15) is 44.3 Å². The number of piperidine rings is 1. The van der Waals surface area contributed by atoms with Gasteiger partial charge in [0, 0.05) is 45.2 Å². The van der Waals surface area contributed by atoms with Gasteiger partial charge in [0.05, 0.1) is 11.3 Å². The van der Waals surface area contributed by atoms with Gasteiger partial charge in [-0.15, -0.1) is 0 Å². The third kappa shape index (κ3) is 9.91. The predicted molar refractivity (Wildman–Crippen MR) is 155 cm³/mol. The topological polar surface area (TPSA) is 145 Å². The number of aromatic nitrogens is 2. The molecule has 11 nitrogen and oxygen atoms in total. The summed E-state index contributed by atoms with van der Waals surface area (Å²) in [4.78, 5) is 35.4. The molecular formula is C28H34F6N6O5S. The summed E-state index contributed by atoms with van der Waals surface area (Å²) in [5, 5.41) is 5.12. The summed E-state index contributed by atoms with van der Waals surface area (Å²) >= 11 is 0. The Kier molecular flexibility index (Phi) is 11.0. The van der Waals surface area contributed by atoms with Crippen molar-refractivity contribution in [3.8, 4) is 0 Å². The number of nitrogens with one attached hydrogen (secondary N) is 2. The molecule has 0 radical (unpaired) electrons. The van der Waals surface area contributed by atoms with E-state index in [1.165, 1.54) is 23.1 Å². The van der Waals surface area contributed by atoms with Crippen LogP contribution in [-0.2, 0) is 38.5 Å². The molecule has 2 aromatic rings. The lowest BCUT2D eigenvalue weighted by atomic mass is 9.92. The molecule has 1 unspecified atom stereocenters. The number of benzene rings is 1. The Balaban J connectivity index is 1.32. The Labute approximate surface area is 261 Å². The average Bonchev–Trinajstić information content (AvgIpc) is 2.94. The van der Waals surface area contributed by atoms with Gasteiger partial charge < -0.3 is 20.4 Å². The van der Waals surface area contributed by atoms with E-state index in [2.05, 4.69) is 20.6 Å². The Bertz CT molecular complexity index is 1480. The van der Waals surface area contributed by atoms with Crippen LogP contribution in [0.3, 0.4) is 0 Å². The molecule has 254 valence electrons. The Morgan fingerprint density at radius 1 is 0.891 bits per heavy atom. The first-order chi connectivity index (χ1) is 21.5. The molecule has 2 aliphatic rings. The monoisotopic (exact) mass is 680 g/mol. The van der Waals surface area contributed by atoms with Gasteiger partial charge in [-0.3, -0.25) is 14.1 Å². The highest BCUT2D eigenvalue weighted by Gasteiger charge is 2.40. The summed E-state index contributed by atoms with van der Waals surface area (Å²) in [5.74, 6) is -2.60. The Morgan fingerprint density at radius 2 is 1.54 bits per heavy atom. The van der Waals surface area contributed by atoms with E-state index in [-0.39, 0.29) is 49.4 Å². The Hall–Kier alpha value is -3.67. The highest BCUT2D eigenvalue weighted by molar-refractivity contribution is 7.85. The summed E-state index contributed by atoms with van der Waals surface area (Å²) in [5.41, 5.74) is -0.202. The van der Waals surface area contributed by atoms with Crippen molar-refractivity contribution in [2.24, 2.45) is 5.92 Å². The zero-order valence-corrected chi connectivity index (χ0v) is 25.4. The van der Waals surface area contributed by atoms with Crippen molar-refractivity contribution >= 4 is 33.6 Å². The minimum atomic E-state index is -4.84. The van der Waals surface area contributed by atoms with Crippen LogP contribution in [-0.4, -0.2) is 79.3 Å². The first-order valence-electron chi connectivity index (χ1n) is 14.6. The van der Waals surface area contributed by atoms with Gasteiger partial charge in [0.2, 0.25) is 17.6 Å². The second-order valence-electron chi connectivity index (χ2n) is 11.2. The number of nitrogens with zero attached hydrogens (tertiary/aromatic N) is 4. The van der Waals surface area contributed by atoms with E-state index >= 15 is 0 Å². The van der Waals surface area contributed by atoms with Crippen LogP contribution in [0.25, 0.3) is 0 Å². The van der Waals surface area contributed by atoms with Crippen molar-refractivity contribution in [3.05, 3.63) is 47.3 Å². The fourth-order valence-corrected chi connectivity index (χ4v) is 5.65. The number of amides is 2. The SMILES string of the molecule is O=C(CCC1CCN(c2cc(N3CCC3C(=O)NCCc3ccc(C(F)(F)F)cc3)nc(C(F)(F)F)n2)CC1)NCCS(=O)(=O)O. The molecule has 18 heteroatoms. The summed E-state index contributed by atoms with van der Waals surface area (Å²) in [6.07, 6.45) is -6.87. The number of rotatable bonds is 12. The van der Waals surface area contributed by atoms with Gasteiger partial charge in [-0.2, -0.15) is 34.8 Å². The first-order valence-corrected chi connectivity index (χ1v) is 16.2. The van der Waals surface area contributed by atoms with Crippen LogP contribution < -0.4 is 20.4 Å². The zero-order valence-electron chi connectivity index (χ0n) is 24.6. The minimum absolute atomic E-state index is 0.0462. The van der Waals surface area contributed by atoms with Crippen molar-refractivity contribution in [2.45, 2.75) is 56.9 Å². The van der Waals surface area contributed by atoms with Crippen LogP contribution in [0.15, 0.2) is 30.3 Å². The molecule has 46 heavy (non-hydrogen) atoms. The van der Waals surface area contributed by atoms with Crippen LogP contribution >= 0.6 is 0 Å². The van der Waals surface area contributed by atoms with E-state index in [0.29, 0.717) is 50.9 Å². The van der Waals surface area contributed by atoms with Gasteiger partial charge in [0.25, 0.3) is 10.1 Å². The molecule has 2 fully saturated rings. The Morgan fingerprint density at radius 3 is 2.11 bits per heavy atom. The van der Waals surface area contributed by atoms with Crippen LogP contribution in [0.1, 0.15) is 49.1 Å². The van der Waals surface area contributed by atoms with Gasteiger partial charge >= 0.3 is 12.4 Å². The van der Waals surface area contributed by atoms with E-state index < -0.39 is 51.6 Å². The maximum absolute atomic E-state index is 13.8. The van der Waals surface area contributed by atoms with Crippen LogP contribution in [0.2, 0.25) is 0 Å². The molecule has 0 aliphatic carbocycles. The lowest BCUT2D eigenvalue weighted by molar-refractivity contribution is -0.144. The van der Waals surface area contributed by atoms with Crippen molar-refractivity contribution in [3.63, 3.8) is 0 Å². The molecule has 0 saturated carbocycles. The fraction of sp³-hybridized carbons (Fsp3) is 0.571. The van der Waals surface area contributed by atoms with Crippen LogP contribution in [0.5, 0.6) is 0 Å². The number of carbonyl (C=O) groups excluding carboxylic acids is 2. The number of alkyl halides is 6. The van der Waals surface area contributed by atoms with E-state index in [0.717, 1.165) is 12.1 Å². The van der Waals surface area contributed by atoms with Crippen molar-refractivity contribution in [1.29, 1.82) is 0 Å². The number of hydrogen-bond acceptors (Lipinski definition) is 8. The van der Waals surface area contributed by atoms with Gasteiger partial charge in [0.15, 0.2) is 0 Å². The molecule has 2 amide bonds. The van der Waals surface area contributed by atoms with E-state index in [1.807, 2.05) is 0 Å². The number of halogens is 6. The minimum Gasteiger partial charge on any atom is -0.356 e. The molecular weight excluding hydrogens is 646 g/mol. The molecule has 3 heterocycles. The molecule has 0 spiro atoms. The summed E-state index contributed by atoms with van der Waals surface area (Å²) in [6, 6.07) is 5.20. The van der Waals surface area contributed by atoms with Crippen LogP contribution in [0.4, 0.5) is 38.0 Å². The van der Waals surface area contributed by atoms with E-state index in [4.69, 9.17) is 4.55 Å². The highest BCUT2D eigenvalue weighted by Crippen LogP contribution is 2.35. The van der Waals surface area contributed by atoms with Crippen molar-refractivity contribution in [1.82, 2.24) is 20.6 Å². The van der Waals surface area contributed by atoms with Gasteiger partial charge in [-0.05, 0) is 55.7 Å². The number of anilines is 2. The number of carbonyl (C=O) groups is 2. The standard InChI is InChI=1S/C28H34F6N6O5S/c29-27(30,31)20-4-1-18(2-5-20)7-11-36-25(42)21-10-15-40(21)23-17-22(37-26(38-23)28(32,33)34)39-13-8-19(9-14-39)3-6-24(41)35-12-16-46(43,44)45/h1-2,4-5,17,19,21H,3,6-16H2,(H,35,41)(H,36,42)(H,43,44,45).